The topological polar surface area (TPSA) is 175 Å². The van der Waals surface area contributed by atoms with E-state index >= 15 is 0 Å². The summed E-state index contributed by atoms with van der Waals surface area (Å²) in [6.45, 7) is 1.63. The van der Waals surface area contributed by atoms with Gasteiger partial charge in [0.05, 0.1) is 29.9 Å². The maximum Gasteiger partial charge on any atom is 0.293 e. The molecule has 2 fully saturated rings. The van der Waals surface area contributed by atoms with Gasteiger partial charge in [-0.15, -0.1) is 0 Å². The number of aromatic nitrogens is 5. The largest absolute Gasteiger partial charge is 0.491 e. The fourth-order valence-corrected chi connectivity index (χ4v) is 6.97. The first-order chi connectivity index (χ1) is 25.1. The van der Waals surface area contributed by atoms with Gasteiger partial charge in [-0.2, -0.15) is 10.1 Å². The molecule has 270 valence electrons. The van der Waals surface area contributed by atoms with Crippen molar-refractivity contribution < 1.29 is 23.9 Å². The lowest BCUT2D eigenvalue weighted by molar-refractivity contribution is -0.134. The average molecular weight is 728 g/mol. The molecule has 5 heterocycles. The first kappa shape index (κ1) is 34.7. The highest BCUT2D eigenvalue weighted by atomic mass is 35.5. The fraction of sp³-hybridized carbons (Fsp3) is 0.361. The van der Waals surface area contributed by atoms with Crippen molar-refractivity contribution in [2.24, 2.45) is 20.0 Å². The van der Waals surface area contributed by atoms with E-state index in [0.29, 0.717) is 59.0 Å². The molecule has 52 heavy (non-hydrogen) atoms. The number of hydrogen-bond acceptors (Lipinski definition) is 11. The highest BCUT2D eigenvalue weighted by molar-refractivity contribution is 6.33. The van der Waals surface area contributed by atoms with Crippen LogP contribution in [0.4, 0.5) is 17.5 Å². The quantitative estimate of drug-likeness (QED) is 0.180. The second kappa shape index (κ2) is 14.5. The maximum atomic E-state index is 12.8. The number of amides is 3. The number of halogens is 1. The summed E-state index contributed by atoms with van der Waals surface area (Å²) >= 11 is 6.56. The van der Waals surface area contributed by atoms with E-state index in [1.165, 1.54) is 11.6 Å². The van der Waals surface area contributed by atoms with Gasteiger partial charge in [-0.25, -0.2) is 4.98 Å². The summed E-state index contributed by atoms with van der Waals surface area (Å²) in [6, 6.07) is 12.8. The van der Waals surface area contributed by atoms with E-state index in [1.807, 2.05) is 43.4 Å². The Bertz CT molecular complexity index is 2270. The number of piperidine rings is 2. The summed E-state index contributed by atoms with van der Waals surface area (Å²) in [5, 5.41) is 14.8. The Morgan fingerprint density at radius 3 is 2.73 bits per heavy atom. The molecule has 0 spiro atoms. The van der Waals surface area contributed by atoms with Crippen LogP contribution >= 0.6 is 11.6 Å². The van der Waals surface area contributed by atoms with Crippen LogP contribution in [0.2, 0.25) is 5.02 Å². The van der Waals surface area contributed by atoms with Crippen LogP contribution in [0.25, 0.3) is 21.8 Å². The Kier molecular flexibility index (Phi) is 9.69. The zero-order chi connectivity index (χ0) is 36.5. The van der Waals surface area contributed by atoms with Crippen molar-refractivity contribution in [3.63, 3.8) is 0 Å². The maximum absolute atomic E-state index is 12.8. The van der Waals surface area contributed by atoms with Crippen LogP contribution in [-0.4, -0.2) is 75.4 Å². The number of pyridine rings is 1. The van der Waals surface area contributed by atoms with E-state index in [1.54, 1.807) is 24.0 Å². The molecular weight excluding hydrogens is 690 g/mol. The van der Waals surface area contributed by atoms with Crippen molar-refractivity contribution in [3.05, 3.63) is 69.7 Å². The van der Waals surface area contributed by atoms with Gasteiger partial charge in [0.2, 0.25) is 17.8 Å². The van der Waals surface area contributed by atoms with Gasteiger partial charge >= 0.3 is 0 Å². The van der Waals surface area contributed by atoms with Crippen molar-refractivity contribution in [2.45, 2.75) is 31.6 Å². The van der Waals surface area contributed by atoms with Gasteiger partial charge in [0, 0.05) is 63.0 Å². The van der Waals surface area contributed by atoms with E-state index in [-0.39, 0.29) is 48.0 Å². The molecule has 2 saturated heterocycles. The van der Waals surface area contributed by atoms with Crippen LogP contribution in [0.1, 0.15) is 37.3 Å². The number of nitrogens with zero attached hydrogens (tertiary/aromatic N) is 6. The molecule has 3 N–H and O–H groups in total. The van der Waals surface area contributed by atoms with Gasteiger partial charge in [-0.1, -0.05) is 23.7 Å². The third kappa shape index (κ3) is 6.95. The van der Waals surface area contributed by atoms with Crippen LogP contribution < -0.4 is 35.9 Å². The molecular formula is C36H38ClN9O6. The lowest BCUT2D eigenvalue weighted by atomic mass is 9.93. The molecule has 3 aromatic heterocycles. The Morgan fingerprint density at radius 2 is 1.92 bits per heavy atom. The normalized spacial score (nSPS) is 17.7. The molecule has 0 aliphatic carbocycles. The summed E-state index contributed by atoms with van der Waals surface area (Å²) in [4.78, 5) is 60.3. The number of carbonyl (C=O) groups is 3. The van der Waals surface area contributed by atoms with Crippen molar-refractivity contribution in [2.75, 3.05) is 43.6 Å². The summed E-state index contributed by atoms with van der Waals surface area (Å²) in [5.41, 5.74) is 2.47. The van der Waals surface area contributed by atoms with E-state index in [9.17, 15) is 19.2 Å². The summed E-state index contributed by atoms with van der Waals surface area (Å²) in [7, 11) is 4.98. The number of anilines is 3. The average Bonchev–Trinajstić information content (AvgIpc) is 3.48. The minimum Gasteiger partial charge on any atom is -0.491 e. The SMILES string of the molecule is CNC(=O)COc1cc2cc(Nc3nc(N4CCC[C@@H](COc5cccc6c(C7CCC(=O)NC7=O)nn(C)c56)C4)ncc3Cl)ccc2n(C)c1=O. The van der Waals surface area contributed by atoms with Crippen LogP contribution in [-0.2, 0) is 28.5 Å². The Morgan fingerprint density at radius 1 is 1.08 bits per heavy atom. The Balaban J connectivity index is 1.05. The number of hydrogen-bond donors (Lipinski definition) is 3. The van der Waals surface area contributed by atoms with Gasteiger partial charge in [-0.3, -0.25) is 29.2 Å². The van der Waals surface area contributed by atoms with E-state index in [0.717, 1.165) is 35.7 Å². The third-order valence-electron chi connectivity index (χ3n) is 9.52. The molecule has 2 aliphatic rings. The Labute approximate surface area is 303 Å². The minimum atomic E-state index is -0.493. The van der Waals surface area contributed by atoms with E-state index < -0.39 is 5.92 Å². The number of para-hydroxylation sites is 1. The molecule has 0 bridgehead atoms. The Hall–Kier alpha value is -5.70. The molecule has 2 aliphatic heterocycles. The van der Waals surface area contributed by atoms with Crippen LogP contribution in [0.3, 0.4) is 0 Å². The standard InChI is InChI=1S/C36H38ClN9O6/c1-38-30(48)19-52-28-15-21-14-22(9-11-26(21)44(2)35(28)50)40-33-25(37)16-39-36(42-33)46-13-5-6-20(17-46)18-51-27-8-4-7-23-31(43-45(3)32(23)27)24-10-12-29(47)41-34(24)49/h4,7-9,11,14-16,20,24H,5-6,10,12-13,17-19H2,1-3H3,(H,38,48)(H,39,40,42)(H,41,47,49)/t20-,24?/m1/s1. The third-order valence-corrected chi connectivity index (χ3v) is 9.80. The highest BCUT2D eigenvalue weighted by Crippen LogP contribution is 2.35. The smallest absolute Gasteiger partial charge is 0.293 e. The zero-order valence-electron chi connectivity index (χ0n) is 28.9. The summed E-state index contributed by atoms with van der Waals surface area (Å²) in [5.74, 6) is 0.481. The summed E-state index contributed by atoms with van der Waals surface area (Å²) < 4.78 is 15.1. The second-order valence-corrected chi connectivity index (χ2v) is 13.4. The number of nitrogens with one attached hydrogen (secondary N) is 3. The second-order valence-electron chi connectivity index (χ2n) is 13.0. The number of carbonyl (C=O) groups excluding carboxylic acids is 3. The van der Waals surface area contributed by atoms with E-state index in [4.69, 9.17) is 26.1 Å². The first-order valence-electron chi connectivity index (χ1n) is 17.0. The number of fused-ring (bicyclic) bond motifs is 2. The van der Waals surface area contributed by atoms with Crippen molar-refractivity contribution in [1.82, 2.24) is 34.9 Å². The van der Waals surface area contributed by atoms with Gasteiger partial charge in [0.15, 0.2) is 18.2 Å². The molecule has 2 aromatic carbocycles. The number of rotatable bonds is 10. The molecule has 15 nitrogen and oxygen atoms in total. The van der Waals surface area contributed by atoms with Gasteiger partial charge in [0.1, 0.15) is 16.3 Å². The first-order valence-corrected chi connectivity index (χ1v) is 17.4. The van der Waals surface area contributed by atoms with Crippen molar-refractivity contribution in [3.8, 4) is 11.5 Å². The molecule has 2 atom stereocenters. The molecule has 0 radical (unpaired) electrons. The zero-order valence-corrected chi connectivity index (χ0v) is 29.7. The minimum absolute atomic E-state index is 0.0655. The fourth-order valence-electron chi connectivity index (χ4n) is 6.83. The lowest BCUT2D eigenvalue weighted by Gasteiger charge is -2.32. The van der Waals surface area contributed by atoms with Crippen LogP contribution in [0.5, 0.6) is 11.5 Å². The highest BCUT2D eigenvalue weighted by Gasteiger charge is 2.32. The van der Waals surface area contributed by atoms with Crippen LogP contribution in [0, 0.1) is 5.92 Å². The van der Waals surface area contributed by atoms with Crippen molar-refractivity contribution in [1.29, 1.82) is 0 Å². The molecule has 0 saturated carbocycles. The summed E-state index contributed by atoms with van der Waals surface area (Å²) in [6.07, 6.45) is 4.17. The van der Waals surface area contributed by atoms with Crippen molar-refractivity contribution >= 4 is 68.6 Å². The number of ether oxygens (including phenoxy) is 2. The number of likely N-dealkylation sites (N-methyl/N-ethyl adjacent to an activating group) is 1. The van der Waals surface area contributed by atoms with Gasteiger partial charge in [0.25, 0.3) is 11.5 Å². The number of aryl methyl sites for hydroxylation is 2. The molecule has 5 aromatic rings. The van der Waals surface area contributed by atoms with Crippen LogP contribution in [0.15, 0.2) is 53.5 Å². The molecule has 16 heteroatoms. The molecule has 7 rings (SSSR count). The van der Waals surface area contributed by atoms with E-state index in [2.05, 4.69) is 30.9 Å². The van der Waals surface area contributed by atoms with Gasteiger partial charge < -0.3 is 29.6 Å². The predicted molar refractivity (Wildman–Crippen MR) is 195 cm³/mol. The number of imide groups is 1. The van der Waals surface area contributed by atoms with Gasteiger partial charge in [-0.05, 0) is 49.6 Å². The molecule has 3 amide bonds. The monoisotopic (exact) mass is 727 g/mol. The molecule has 1 unspecified atom stereocenters. The predicted octanol–water partition coefficient (Wildman–Crippen LogP) is 3.55. The number of benzene rings is 2. The lowest BCUT2D eigenvalue weighted by Crippen LogP contribution is -2.39.